The van der Waals surface area contributed by atoms with Gasteiger partial charge in [-0.15, -0.1) is 0 Å². The Hall–Kier alpha value is -2.14. The molecule has 0 bridgehead atoms. The maximum Gasteiger partial charge on any atom is 0.220 e. The van der Waals surface area contributed by atoms with E-state index in [1.165, 1.54) is 0 Å². The molecule has 2 aromatic rings. The van der Waals surface area contributed by atoms with Crippen LogP contribution in [0.5, 0.6) is 0 Å². The van der Waals surface area contributed by atoms with Crippen LogP contribution in [0.25, 0.3) is 5.69 Å². The molecule has 5 nitrogen and oxygen atoms in total. The van der Waals surface area contributed by atoms with Gasteiger partial charge < -0.3 is 11.1 Å². The van der Waals surface area contributed by atoms with Crippen molar-refractivity contribution in [3.8, 4) is 5.69 Å². The monoisotopic (exact) mass is 258 g/mol. The van der Waals surface area contributed by atoms with Gasteiger partial charge in [-0.1, -0.05) is 12.1 Å². The molecule has 0 aliphatic rings. The third-order valence-electron chi connectivity index (χ3n) is 2.80. The van der Waals surface area contributed by atoms with Crippen LogP contribution in [0.3, 0.4) is 0 Å². The van der Waals surface area contributed by atoms with Crippen molar-refractivity contribution in [2.75, 3.05) is 6.54 Å². The van der Waals surface area contributed by atoms with E-state index in [1.807, 2.05) is 36.5 Å². The number of hydrogen-bond acceptors (Lipinski definition) is 3. The second kappa shape index (κ2) is 6.70. The lowest BCUT2D eigenvalue weighted by molar-refractivity contribution is -0.121. The standard InChI is InChI=1S/C14H18N4O/c15-8-1-3-14(19)16-11-12-4-6-13(7-5-12)18-10-2-9-17-18/h2,4-7,9-10H,1,3,8,11,15H2,(H,16,19). The van der Waals surface area contributed by atoms with E-state index in [1.54, 1.807) is 10.9 Å². The Bertz CT molecular complexity index is 505. The van der Waals surface area contributed by atoms with E-state index < -0.39 is 0 Å². The topological polar surface area (TPSA) is 72.9 Å². The lowest BCUT2D eigenvalue weighted by Crippen LogP contribution is -2.23. The number of amides is 1. The van der Waals surface area contributed by atoms with Crippen LogP contribution in [-0.2, 0) is 11.3 Å². The minimum atomic E-state index is 0.0432. The first-order valence-corrected chi connectivity index (χ1v) is 6.35. The highest BCUT2D eigenvalue weighted by Crippen LogP contribution is 2.08. The molecule has 0 saturated heterocycles. The fourth-order valence-electron chi connectivity index (χ4n) is 1.74. The number of benzene rings is 1. The molecule has 100 valence electrons. The summed E-state index contributed by atoms with van der Waals surface area (Å²) in [6.45, 7) is 1.09. The van der Waals surface area contributed by atoms with E-state index in [0.717, 1.165) is 17.7 Å². The van der Waals surface area contributed by atoms with Gasteiger partial charge in [-0.2, -0.15) is 5.10 Å². The third kappa shape index (κ3) is 3.93. The number of nitrogens with two attached hydrogens (primary N) is 1. The molecule has 0 fully saturated rings. The summed E-state index contributed by atoms with van der Waals surface area (Å²) < 4.78 is 1.80. The smallest absolute Gasteiger partial charge is 0.220 e. The van der Waals surface area contributed by atoms with Crippen molar-refractivity contribution in [3.63, 3.8) is 0 Å². The predicted octanol–water partition coefficient (Wildman–Crippen LogP) is 1.23. The summed E-state index contributed by atoms with van der Waals surface area (Å²) in [4.78, 5) is 11.4. The maximum absolute atomic E-state index is 11.4. The highest BCUT2D eigenvalue weighted by molar-refractivity contribution is 5.75. The van der Waals surface area contributed by atoms with Crippen LogP contribution < -0.4 is 11.1 Å². The zero-order valence-corrected chi connectivity index (χ0v) is 10.7. The van der Waals surface area contributed by atoms with Crippen LogP contribution >= 0.6 is 0 Å². The van der Waals surface area contributed by atoms with Crippen LogP contribution in [0.4, 0.5) is 0 Å². The van der Waals surface area contributed by atoms with Crippen LogP contribution in [0.15, 0.2) is 42.7 Å². The van der Waals surface area contributed by atoms with Gasteiger partial charge >= 0.3 is 0 Å². The van der Waals surface area contributed by atoms with Crippen molar-refractivity contribution in [2.24, 2.45) is 5.73 Å². The van der Waals surface area contributed by atoms with Gasteiger partial charge in [0, 0.05) is 25.4 Å². The third-order valence-corrected chi connectivity index (χ3v) is 2.80. The normalized spacial score (nSPS) is 10.4. The summed E-state index contributed by atoms with van der Waals surface area (Å²) in [6.07, 6.45) is 4.85. The van der Waals surface area contributed by atoms with Crippen LogP contribution in [0.1, 0.15) is 18.4 Å². The van der Waals surface area contributed by atoms with Gasteiger partial charge in [0.1, 0.15) is 0 Å². The summed E-state index contributed by atoms with van der Waals surface area (Å²) in [5.41, 5.74) is 7.43. The molecular weight excluding hydrogens is 240 g/mol. The van der Waals surface area contributed by atoms with E-state index in [4.69, 9.17) is 5.73 Å². The Morgan fingerprint density at radius 3 is 2.74 bits per heavy atom. The number of nitrogens with zero attached hydrogens (tertiary/aromatic N) is 2. The van der Waals surface area contributed by atoms with Crippen molar-refractivity contribution < 1.29 is 4.79 Å². The Morgan fingerprint density at radius 2 is 2.11 bits per heavy atom. The number of carbonyl (C=O) groups excluding carboxylic acids is 1. The summed E-state index contributed by atoms with van der Waals surface area (Å²) in [6, 6.07) is 9.81. The first kappa shape index (κ1) is 13.3. The Morgan fingerprint density at radius 1 is 1.32 bits per heavy atom. The first-order valence-electron chi connectivity index (χ1n) is 6.35. The van der Waals surface area contributed by atoms with E-state index >= 15 is 0 Å². The van der Waals surface area contributed by atoms with Crippen LogP contribution in [-0.4, -0.2) is 22.2 Å². The lowest BCUT2D eigenvalue weighted by atomic mass is 10.2. The summed E-state index contributed by atoms with van der Waals surface area (Å²) in [7, 11) is 0. The highest BCUT2D eigenvalue weighted by atomic mass is 16.1. The Balaban J connectivity index is 1.87. The molecule has 1 aromatic heterocycles. The van der Waals surface area contributed by atoms with Crippen LogP contribution in [0.2, 0.25) is 0 Å². The summed E-state index contributed by atoms with van der Waals surface area (Å²) >= 11 is 0. The Labute approximate surface area is 112 Å². The zero-order valence-electron chi connectivity index (χ0n) is 10.7. The van der Waals surface area contributed by atoms with Crippen molar-refractivity contribution >= 4 is 5.91 Å². The molecule has 0 aliphatic heterocycles. The SMILES string of the molecule is NCCCC(=O)NCc1ccc(-n2cccn2)cc1. The first-order chi connectivity index (χ1) is 9.29. The minimum absolute atomic E-state index is 0.0432. The van der Waals surface area contributed by atoms with Crippen molar-refractivity contribution in [1.82, 2.24) is 15.1 Å². The fourth-order valence-corrected chi connectivity index (χ4v) is 1.74. The fraction of sp³-hybridized carbons (Fsp3) is 0.286. The summed E-state index contributed by atoms with van der Waals surface area (Å²) in [5, 5.41) is 7.03. The van der Waals surface area contributed by atoms with Gasteiger partial charge in [-0.3, -0.25) is 4.79 Å². The second-order valence-corrected chi connectivity index (χ2v) is 4.29. The molecule has 0 spiro atoms. The van der Waals surface area contributed by atoms with Gasteiger partial charge in [0.15, 0.2) is 0 Å². The molecule has 0 radical (unpaired) electrons. The molecule has 0 atom stereocenters. The lowest BCUT2D eigenvalue weighted by Gasteiger charge is -2.06. The molecule has 0 saturated carbocycles. The van der Waals surface area contributed by atoms with Gasteiger partial charge in [-0.05, 0) is 36.7 Å². The quantitative estimate of drug-likeness (QED) is 0.818. The van der Waals surface area contributed by atoms with E-state index in [9.17, 15) is 4.79 Å². The largest absolute Gasteiger partial charge is 0.352 e. The average Bonchev–Trinajstić information content (AvgIpc) is 2.97. The van der Waals surface area contributed by atoms with E-state index in [2.05, 4.69) is 10.4 Å². The molecule has 2 rings (SSSR count). The zero-order chi connectivity index (χ0) is 13.5. The van der Waals surface area contributed by atoms with Crippen molar-refractivity contribution in [3.05, 3.63) is 48.3 Å². The number of hydrogen-bond donors (Lipinski definition) is 2. The average molecular weight is 258 g/mol. The van der Waals surface area contributed by atoms with Gasteiger partial charge in [0.2, 0.25) is 5.91 Å². The van der Waals surface area contributed by atoms with Gasteiger partial charge in [0.25, 0.3) is 0 Å². The molecule has 5 heteroatoms. The Kier molecular flexibility index (Phi) is 4.69. The molecule has 1 heterocycles. The minimum Gasteiger partial charge on any atom is -0.352 e. The van der Waals surface area contributed by atoms with Crippen molar-refractivity contribution in [2.45, 2.75) is 19.4 Å². The maximum atomic E-state index is 11.4. The van der Waals surface area contributed by atoms with E-state index in [-0.39, 0.29) is 5.91 Å². The number of nitrogens with one attached hydrogen (secondary N) is 1. The van der Waals surface area contributed by atoms with E-state index in [0.29, 0.717) is 19.5 Å². The van der Waals surface area contributed by atoms with Crippen molar-refractivity contribution in [1.29, 1.82) is 0 Å². The molecule has 0 aliphatic carbocycles. The van der Waals surface area contributed by atoms with Gasteiger partial charge in [-0.25, -0.2) is 4.68 Å². The number of carbonyl (C=O) groups is 1. The molecule has 19 heavy (non-hydrogen) atoms. The molecular formula is C14H18N4O. The predicted molar refractivity (Wildman–Crippen MR) is 73.7 cm³/mol. The number of rotatable bonds is 6. The summed E-state index contributed by atoms with van der Waals surface area (Å²) in [5.74, 6) is 0.0432. The molecule has 0 unspecified atom stereocenters. The highest BCUT2D eigenvalue weighted by Gasteiger charge is 2.01. The molecule has 3 N–H and O–H groups in total. The number of aromatic nitrogens is 2. The molecule has 1 amide bonds. The second-order valence-electron chi connectivity index (χ2n) is 4.29. The molecule has 1 aromatic carbocycles. The van der Waals surface area contributed by atoms with Crippen LogP contribution in [0, 0.1) is 0 Å². The van der Waals surface area contributed by atoms with Gasteiger partial charge in [0.05, 0.1) is 5.69 Å².